The molecule has 0 bridgehead atoms. The first-order chi connectivity index (χ1) is 12.6. The van der Waals surface area contributed by atoms with Crippen molar-refractivity contribution in [2.75, 3.05) is 18.2 Å². The van der Waals surface area contributed by atoms with E-state index in [-0.39, 0.29) is 4.90 Å². The number of aromatic nitrogens is 2. The molecular formula is C18H21N3O5S. The molecule has 27 heavy (non-hydrogen) atoms. The predicted molar refractivity (Wildman–Crippen MR) is 101 cm³/mol. The van der Waals surface area contributed by atoms with E-state index in [1.807, 2.05) is 13.8 Å². The minimum atomic E-state index is -3.38. The quantitative estimate of drug-likeness (QED) is 0.592. The third kappa shape index (κ3) is 5.52. The third-order valence-corrected chi connectivity index (χ3v) is 4.95. The van der Waals surface area contributed by atoms with Crippen molar-refractivity contribution in [1.82, 2.24) is 9.78 Å². The van der Waals surface area contributed by atoms with Crippen LogP contribution in [0.5, 0.6) is 0 Å². The van der Waals surface area contributed by atoms with Gasteiger partial charge in [0.25, 0.3) is 5.91 Å². The molecule has 0 atom stereocenters. The standard InChI is InChI=1S/C18H21N3O5S/c1-12-16(13(2)21(3)20-12)8-9-18(23)26-11-17(22)19-14-6-5-7-15(10-14)27(4,24)25/h5-10H,11H2,1-4H3,(H,19,22)/b9-8+. The van der Waals surface area contributed by atoms with E-state index in [2.05, 4.69) is 10.4 Å². The van der Waals surface area contributed by atoms with Gasteiger partial charge in [0.2, 0.25) is 0 Å². The molecule has 1 aromatic carbocycles. The van der Waals surface area contributed by atoms with E-state index in [4.69, 9.17) is 4.74 Å². The fourth-order valence-corrected chi connectivity index (χ4v) is 3.04. The third-order valence-electron chi connectivity index (χ3n) is 3.84. The predicted octanol–water partition coefficient (Wildman–Crippen LogP) is 1.64. The number of benzene rings is 1. The second-order valence-corrected chi connectivity index (χ2v) is 8.01. The number of esters is 1. The average Bonchev–Trinajstić information content (AvgIpc) is 2.83. The van der Waals surface area contributed by atoms with Crippen LogP contribution in [-0.2, 0) is 31.2 Å². The van der Waals surface area contributed by atoms with Gasteiger partial charge >= 0.3 is 5.97 Å². The second kappa shape index (κ2) is 8.17. The van der Waals surface area contributed by atoms with E-state index >= 15 is 0 Å². The van der Waals surface area contributed by atoms with Crippen molar-refractivity contribution in [2.45, 2.75) is 18.7 Å². The Morgan fingerprint density at radius 3 is 2.59 bits per heavy atom. The van der Waals surface area contributed by atoms with Crippen LogP contribution in [0.15, 0.2) is 35.2 Å². The lowest BCUT2D eigenvalue weighted by Crippen LogP contribution is -2.20. The molecule has 0 aliphatic rings. The molecule has 0 unspecified atom stereocenters. The molecule has 0 saturated carbocycles. The smallest absolute Gasteiger partial charge is 0.331 e. The van der Waals surface area contributed by atoms with Crippen molar-refractivity contribution in [2.24, 2.45) is 7.05 Å². The molecule has 0 aliphatic carbocycles. The van der Waals surface area contributed by atoms with Crippen LogP contribution in [-0.4, -0.2) is 42.9 Å². The van der Waals surface area contributed by atoms with Gasteiger partial charge in [0, 0.05) is 36.3 Å². The Bertz CT molecular complexity index is 1010. The van der Waals surface area contributed by atoms with Crippen LogP contribution in [0.3, 0.4) is 0 Å². The van der Waals surface area contributed by atoms with Gasteiger partial charge in [-0.05, 0) is 38.1 Å². The van der Waals surface area contributed by atoms with Crippen LogP contribution in [0, 0.1) is 13.8 Å². The Labute approximate surface area is 157 Å². The molecule has 0 radical (unpaired) electrons. The molecule has 1 heterocycles. The first-order valence-corrected chi connectivity index (χ1v) is 9.92. The van der Waals surface area contributed by atoms with Crippen LogP contribution in [0.2, 0.25) is 0 Å². The molecule has 0 fully saturated rings. The van der Waals surface area contributed by atoms with E-state index < -0.39 is 28.3 Å². The van der Waals surface area contributed by atoms with E-state index in [1.54, 1.807) is 23.9 Å². The van der Waals surface area contributed by atoms with E-state index in [9.17, 15) is 18.0 Å². The lowest BCUT2D eigenvalue weighted by atomic mass is 10.2. The summed E-state index contributed by atoms with van der Waals surface area (Å²) in [6, 6.07) is 5.82. The van der Waals surface area contributed by atoms with Gasteiger partial charge in [-0.2, -0.15) is 5.10 Å². The highest BCUT2D eigenvalue weighted by Gasteiger charge is 2.11. The van der Waals surface area contributed by atoms with Gasteiger partial charge < -0.3 is 10.1 Å². The Kier molecular flexibility index (Phi) is 6.17. The Morgan fingerprint density at radius 2 is 2.00 bits per heavy atom. The number of aryl methyl sites for hydroxylation is 2. The van der Waals surface area contributed by atoms with Gasteiger partial charge in [0.15, 0.2) is 16.4 Å². The molecule has 2 aromatic rings. The monoisotopic (exact) mass is 391 g/mol. The number of anilines is 1. The average molecular weight is 391 g/mol. The molecule has 0 spiro atoms. The maximum absolute atomic E-state index is 11.9. The van der Waals surface area contributed by atoms with Crippen molar-refractivity contribution in [3.05, 3.63) is 47.3 Å². The molecular weight excluding hydrogens is 370 g/mol. The van der Waals surface area contributed by atoms with E-state index in [0.717, 1.165) is 23.2 Å². The summed E-state index contributed by atoms with van der Waals surface area (Å²) in [5.74, 6) is -1.24. The van der Waals surface area contributed by atoms with Crippen molar-refractivity contribution in [3.8, 4) is 0 Å². The summed E-state index contributed by atoms with van der Waals surface area (Å²) >= 11 is 0. The van der Waals surface area contributed by atoms with Gasteiger partial charge in [0.05, 0.1) is 10.6 Å². The summed E-state index contributed by atoms with van der Waals surface area (Å²) < 4.78 is 29.7. The zero-order valence-electron chi connectivity index (χ0n) is 15.5. The maximum Gasteiger partial charge on any atom is 0.331 e. The number of ether oxygens (including phenoxy) is 1. The van der Waals surface area contributed by atoms with Crippen LogP contribution in [0.25, 0.3) is 6.08 Å². The fourth-order valence-electron chi connectivity index (χ4n) is 2.37. The second-order valence-electron chi connectivity index (χ2n) is 6.00. The molecule has 0 saturated heterocycles. The van der Waals surface area contributed by atoms with E-state index in [0.29, 0.717) is 5.69 Å². The Morgan fingerprint density at radius 1 is 1.30 bits per heavy atom. The number of carbonyl (C=O) groups is 2. The Balaban J connectivity index is 1.92. The summed E-state index contributed by atoms with van der Waals surface area (Å²) in [4.78, 5) is 23.8. The number of amides is 1. The van der Waals surface area contributed by atoms with Gasteiger partial charge in [-0.3, -0.25) is 9.48 Å². The molecule has 1 amide bonds. The maximum atomic E-state index is 11.9. The van der Waals surface area contributed by atoms with E-state index in [1.165, 1.54) is 24.3 Å². The summed E-state index contributed by atoms with van der Waals surface area (Å²) in [7, 11) is -1.57. The normalized spacial score (nSPS) is 11.6. The largest absolute Gasteiger partial charge is 0.452 e. The summed E-state index contributed by atoms with van der Waals surface area (Å²) in [5, 5.41) is 6.73. The molecule has 8 nitrogen and oxygen atoms in total. The van der Waals surface area contributed by atoms with Gasteiger partial charge in [-0.15, -0.1) is 0 Å². The van der Waals surface area contributed by atoms with Crippen molar-refractivity contribution >= 4 is 33.5 Å². The minimum Gasteiger partial charge on any atom is -0.452 e. The molecule has 9 heteroatoms. The number of carbonyl (C=O) groups excluding carboxylic acids is 2. The number of nitrogens with one attached hydrogen (secondary N) is 1. The van der Waals surface area contributed by atoms with Crippen molar-refractivity contribution in [3.63, 3.8) is 0 Å². The number of sulfone groups is 1. The minimum absolute atomic E-state index is 0.0856. The molecule has 1 N–H and O–H groups in total. The fraction of sp³-hybridized carbons (Fsp3) is 0.278. The van der Waals surface area contributed by atoms with Gasteiger partial charge in [-0.25, -0.2) is 13.2 Å². The first-order valence-electron chi connectivity index (χ1n) is 8.03. The number of nitrogens with zero attached hydrogens (tertiary/aromatic N) is 2. The van der Waals surface area contributed by atoms with Crippen LogP contribution < -0.4 is 5.32 Å². The zero-order valence-corrected chi connectivity index (χ0v) is 16.3. The Hall–Kier alpha value is -2.94. The number of rotatable bonds is 6. The first kappa shape index (κ1) is 20.4. The topological polar surface area (TPSA) is 107 Å². The van der Waals surface area contributed by atoms with Crippen LogP contribution in [0.1, 0.15) is 17.0 Å². The number of hydrogen-bond acceptors (Lipinski definition) is 6. The lowest BCUT2D eigenvalue weighted by Gasteiger charge is -2.07. The molecule has 1 aromatic heterocycles. The van der Waals surface area contributed by atoms with Crippen LogP contribution >= 0.6 is 0 Å². The van der Waals surface area contributed by atoms with Gasteiger partial charge in [-0.1, -0.05) is 6.07 Å². The van der Waals surface area contributed by atoms with Gasteiger partial charge in [0.1, 0.15) is 0 Å². The molecule has 2 rings (SSSR count). The summed E-state index contributed by atoms with van der Waals surface area (Å²) in [6.07, 6.45) is 3.90. The SMILES string of the molecule is Cc1nn(C)c(C)c1/C=C/C(=O)OCC(=O)Nc1cccc(S(C)(=O)=O)c1. The zero-order chi connectivity index (χ0) is 20.2. The molecule has 0 aliphatic heterocycles. The number of hydrogen-bond donors (Lipinski definition) is 1. The summed E-state index contributed by atoms with van der Waals surface area (Å²) in [5.41, 5.74) is 2.80. The lowest BCUT2D eigenvalue weighted by molar-refractivity contribution is -0.142. The highest BCUT2D eigenvalue weighted by Crippen LogP contribution is 2.15. The van der Waals surface area contributed by atoms with Crippen molar-refractivity contribution in [1.29, 1.82) is 0 Å². The van der Waals surface area contributed by atoms with Crippen LogP contribution in [0.4, 0.5) is 5.69 Å². The van der Waals surface area contributed by atoms with Crippen molar-refractivity contribution < 1.29 is 22.7 Å². The summed E-state index contributed by atoms with van der Waals surface area (Å²) in [6.45, 7) is 3.22. The highest BCUT2D eigenvalue weighted by molar-refractivity contribution is 7.90. The molecule has 144 valence electrons. The highest BCUT2D eigenvalue weighted by atomic mass is 32.2.